The molecule has 0 saturated heterocycles. The van der Waals surface area contributed by atoms with Gasteiger partial charge >= 0.3 is 0 Å². The molecule has 0 radical (unpaired) electrons. The molecule has 1 N–H and O–H groups in total. The van der Waals surface area contributed by atoms with Crippen LogP contribution in [0.15, 0.2) is 96.1 Å². The van der Waals surface area contributed by atoms with E-state index in [9.17, 15) is 4.79 Å². The van der Waals surface area contributed by atoms with E-state index in [1.54, 1.807) is 25.3 Å². The number of methoxy groups -OCH3 is 2. The van der Waals surface area contributed by atoms with E-state index in [1.807, 2.05) is 54.6 Å². The van der Waals surface area contributed by atoms with Crippen molar-refractivity contribution in [3.63, 3.8) is 0 Å². The van der Waals surface area contributed by atoms with E-state index >= 15 is 0 Å². The van der Waals surface area contributed by atoms with Crippen LogP contribution in [-0.4, -0.2) is 26.3 Å². The van der Waals surface area contributed by atoms with Crippen molar-refractivity contribution < 1.29 is 19.0 Å². The van der Waals surface area contributed by atoms with Crippen molar-refractivity contribution in [2.24, 2.45) is 5.10 Å². The van der Waals surface area contributed by atoms with E-state index in [0.29, 0.717) is 40.0 Å². The van der Waals surface area contributed by atoms with Crippen LogP contribution >= 0.6 is 11.6 Å². The Hall–Kier alpha value is -4.55. The zero-order chi connectivity index (χ0) is 26.5. The summed E-state index contributed by atoms with van der Waals surface area (Å²) in [6.07, 6.45) is 1.49. The molecule has 0 bridgehead atoms. The number of hydrogen-bond donors (Lipinski definition) is 1. The van der Waals surface area contributed by atoms with E-state index in [4.69, 9.17) is 25.8 Å². The van der Waals surface area contributed by atoms with Gasteiger partial charge in [-0.2, -0.15) is 5.10 Å². The van der Waals surface area contributed by atoms with Gasteiger partial charge in [-0.15, -0.1) is 0 Å². The summed E-state index contributed by atoms with van der Waals surface area (Å²) in [4.78, 5) is 12.8. The smallest absolute Gasteiger partial charge is 0.275 e. The van der Waals surface area contributed by atoms with Crippen LogP contribution in [0.5, 0.6) is 17.2 Å². The van der Waals surface area contributed by atoms with Gasteiger partial charge in [-0.25, -0.2) is 5.43 Å². The molecule has 0 aromatic heterocycles. The maximum Gasteiger partial charge on any atom is 0.275 e. The predicted molar refractivity (Wildman–Crippen MR) is 152 cm³/mol. The highest BCUT2D eigenvalue weighted by Crippen LogP contribution is 2.37. The molecule has 0 aliphatic carbocycles. The lowest BCUT2D eigenvalue weighted by Gasteiger charge is -2.14. The average molecular weight is 525 g/mol. The number of rotatable bonds is 8. The Balaban J connectivity index is 1.32. The molecule has 5 rings (SSSR count). The first kappa shape index (κ1) is 25.1. The summed E-state index contributed by atoms with van der Waals surface area (Å²) in [5.74, 6) is 0.969. The maximum absolute atomic E-state index is 12.8. The first-order valence-corrected chi connectivity index (χ1v) is 12.3. The molecule has 0 aliphatic heterocycles. The first-order chi connectivity index (χ1) is 18.6. The minimum atomic E-state index is -0.392. The third-order valence-corrected chi connectivity index (χ3v) is 6.48. The SMILES string of the molecule is COc1cc2ccccc2cc1C(=O)N/N=C\c1cc(Cl)c(OCc2cccc3ccccc23)c(OC)c1. The Morgan fingerprint density at radius 1 is 0.842 bits per heavy atom. The van der Waals surface area contributed by atoms with E-state index in [-0.39, 0.29) is 0 Å². The number of hydrogen-bond acceptors (Lipinski definition) is 5. The number of nitrogens with one attached hydrogen (secondary N) is 1. The van der Waals surface area contributed by atoms with E-state index in [0.717, 1.165) is 27.1 Å². The van der Waals surface area contributed by atoms with Crippen LogP contribution in [0.2, 0.25) is 5.02 Å². The second kappa shape index (κ2) is 11.2. The van der Waals surface area contributed by atoms with Gasteiger partial charge < -0.3 is 14.2 Å². The number of nitrogens with zero attached hydrogens (tertiary/aromatic N) is 1. The Bertz CT molecular complexity index is 1660. The number of hydrazone groups is 1. The summed E-state index contributed by atoms with van der Waals surface area (Å²) in [7, 11) is 3.08. The molecular formula is C31H25ClN2O4. The van der Waals surface area contributed by atoms with Crippen molar-refractivity contribution >= 4 is 45.3 Å². The minimum absolute atomic E-state index is 0.328. The van der Waals surface area contributed by atoms with Crippen molar-refractivity contribution in [3.05, 3.63) is 113 Å². The topological polar surface area (TPSA) is 69.2 Å². The van der Waals surface area contributed by atoms with Crippen molar-refractivity contribution in [1.29, 1.82) is 0 Å². The molecule has 0 atom stereocenters. The van der Waals surface area contributed by atoms with Gasteiger partial charge in [0.05, 0.1) is 31.0 Å². The zero-order valence-corrected chi connectivity index (χ0v) is 21.7. The Morgan fingerprint density at radius 2 is 1.53 bits per heavy atom. The molecule has 6 nitrogen and oxygen atoms in total. The number of amides is 1. The quantitative estimate of drug-likeness (QED) is 0.175. The molecular weight excluding hydrogens is 500 g/mol. The van der Waals surface area contributed by atoms with Gasteiger partial charge in [0.25, 0.3) is 5.91 Å². The molecule has 0 fully saturated rings. The van der Waals surface area contributed by atoms with Gasteiger partial charge in [0.15, 0.2) is 11.5 Å². The summed E-state index contributed by atoms with van der Waals surface area (Å²) in [6.45, 7) is 0.328. The third kappa shape index (κ3) is 5.26. The summed E-state index contributed by atoms with van der Waals surface area (Å²) in [6, 6.07) is 29.0. The van der Waals surface area contributed by atoms with Crippen LogP contribution in [0.25, 0.3) is 21.5 Å². The Morgan fingerprint density at radius 3 is 2.29 bits per heavy atom. The van der Waals surface area contributed by atoms with Gasteiger partial charge in [0, 0.05) is 0 Å². The second-order valence-electron chi connectivity index (χ2n) is 8.56. The van der Waals surface area contributed by atoms with Crippen LogP contribution in [0, 0.1) is 0 Å². The summed E-state index contributed by atoms with van der Waals surface area (Å²) in [5.41, 5.74) is 4.62. The van der Waals surface area contributed by atoms with Crippen LogP contribution in [0.3, 0.4) is 0 Å². The highest BCUT2D eigenvalue weighted by Gasteiger charge is 2.15. The number of carbonyl (C=O) groups is 1. The molecule has 1 amide bonds. The lowest BCUT2D eigenvalue weighted by Crippen LogP contribution is -2.18. The van der Waals surface area contributed by atoms with E-state index in [2.05, 4.69) is 28.7 Å². The molecule has 0 saturated carbocycles. The zero-order valence-electron chi connectivity index (χ0n) is 20.9. The number of ether oxygens (including phenoxy) is 3. The number of fused-ring (bicyclic) bond motifs is 2. The molecule has 0 spiro atoms. The lowest BCUT2D eigenvalue weighted by atomic mass is 10.1. The lowest BCUT2D eigenvalue weighted by molar-refractivity contribution is 0.0952. The van der Waals surface area contributed by atoms with Crippen molar-refractivity contribution in [3.8, 4) is 17.2 Å². The highest BCUT2D eigenvalue weighted by molar-refractivity contribution is 6.32. The fraction of sp³-hybridized carbons (Fsp3) is 0.0968. The maximum atomic E-state index is 12.8. The van der Waals surface area contributed by atoms with E-state index < -0.39 is 5.91 Å². The first-order valence-electron chi connectivity index (χ1n) is 11.9. The monoisotopic (exact) mass is 524 g/mol. The van der Waals surface area contributed by atoms with Crippen LogP contribution in [0.4, 0.5) is 0 Å². The fourth-order valence-corrected chi connectivity index (χ4v) is 4.59. The molecule has 0 unspecified atom stereocenters. The van der Waals surface area contributed by atoms with Crippen LogP contribution in [-0.2, 0) is 6.61 Å². The van der Waals surface area contributed by atoms with E-state index in [1.165, 1.54) is 13.3 Å². The molecule has 5 aromatic rings. The normalized spacial score (nSPS) is 11.1. The Kier molecular flexibility index (Phi) is 7.43. The molecule has 0 heterocycles. The second-order valence-corrected chi connectivity index (χ2v) is 8.97. The third-order valence-electron chi connectivity index (χ3n) is 6.20. The molecule has 38 heavy (non-hydrogen) atoms. The Labute approximate surface area is 225 Å². The predicted octanol–water partition coefficient (Wildman–Crippen LogP) is 7.01. The number of carbonyl (C=O) groups excluding carboxylic acids is 1. The summed E-state index contributed by atoms with van der Waals surface area (Å²) < 4.78 is 17.0. The molecule has 7 heteroatoms. The number of benzene rings is 5. The van der Waals surface area contributed by atoms with Gasteiger partial charge in [-0.3, -0.25) is 4.79 Å². The molecule has 190 valence electrons. The van der Waals surface area contributed by atoms with Gasteiger partial charge in [-0.1, -0.05) is 78.3 Å². The van der Waals surface area contributed by atoms with Gasteiger partial charge in [0.1, 0.15) is 12.4 Å². The standard InChI is InChI=1S/C31H25ClN2O4/c1-36-28-17-23-10-4-3-9-22(23)16-26(28)31(35)34-33-18-20-14-27(32)30(29(15-20)37-2)38-19-24-12-7-11-21-8-5-6-13-25(21)24/h3-18H,19H2,1-2H3,(H,34,35)/b33-18-. The number of halogens is 1. The van der Waals surface area contributed by atoms with Crippen molar-refractivity contribution in [2.75, 3.05) is 14.2 Å². The fourth-order valence-electron chi connectivity index (χ4n) is 4.31. The van der Waals surface area contributed by atoms with Crippen LogP contribution < -0.4 is 19.6 Å². The minimum Gasteiger partial charge on any atom is -0.496 e. The molecule has 5 aromatic carbocycles. The van der Waals surface area contributed by atoms with Gasteiger partial charge in [-0.05, 0) is 56.9 Å². The van der Waals surface area contributed by atoms with Crippen molar-refractivity contribution in [2.45, 2.75) is 6.61 Å². The summed E-state index contributed by atoms with van der Waals surface area (Å²) >= 11 is 6.56. The highest BCUT2D eigenvalue weighted by atomic mass is 35.5. The molecule has 0 aliphatic rings. The van der Waals surface area contributed by atoms with Gasteiger partial charge in [0.2, 0.25) is 0 Å². The van der Waals surface area contributed by atoms with Crippen LogP contribution in [0.1, 0.15) is 21.5 Å². The van der Waals surface area contributed by atoms with Crippen molar-refractivity contribution in [1.82, 2.24) is 5.43 Å². The largest absolute Gasteiger partial charge is 0.496 e. The average Bonchev–Trinajstić information content (AvgIpc) is 2.95. The summed E-state index contributed by atoms with van der Waals surface area (Å²) in [5, 5.41) is 8.65.